The zero-order valence-electron chi connectivity index (χ0n) is 32.5. The molecule has 0 fully saturated rings. The second-order valence-electron chi connectivity index (χ2n) is 15.8. The molecule has 0 aliphatic heterocycles. The number of anilines is 3. The number of benzene rings is 8. The van der Waals surface area contributed by atoms with Crippen LogP contribution >= 0.6 is 0 Å². The van der Waals surface area contributed by atoms with E-state index in [2.05, 4.69) is 192 Å². The van der Waals surface area contributed by atoms with Gasteiger partial charge in [0.05, 0.1) is 11.2 Å². The van der Waals surface area contributed by atoms with Crippen LogP contribution in [-0.2, 0) is 6.42 Å². The van der Waals surface area contributed by atoms with Gasteiger partial charge in [-0.3, -0.25) is 0 Å². The van der Waals surface area contributed by atoms with Crippen LogP contribution in [0, 0.1) is 5.92 Å². The fourth-order valence-corrected chi connectivity index (χ4v) is 9.30. The van der Waals surface area contributed by atoms with Crippen molar-refractivity contribution in [3.05, 3.63) is 199 Å². The number of hydrogen-bond donors (Lipinski definition) is 0. The van der Waals surface area contributed by atoms with Gasteiger partial charge >= 0.3 is 0 Å². The summed E-state index contributed by atoms with van der Waals surface area (Å²) in [4.78, 5) is 2.32. The third-order valence-electron chi connectivity index (χ3n) is 12.2. The zero-order valence-corrected chi connectivity index (χ0v) is 32.5. The fraction of sp³-hybridized carbons (Fsp3) is 0.0545. The third kappa shape index (κ3) is 5.44. The normalized spacial score (nSPS) is 13.9. The largest absolute Gasteiger partial charge is 0.456 e. The Balaban J connectivity index is 0.961. The lowest BCUT2D eigenvalue weighted by Crippen LogP contribution is -2.09. The summed E-state index contributed by atoms with van der Waals surface area (Å²) in [6, 6.07) is 64.9. The summed E-state index contributed by atoms with van der Waals surface area (Å²) >= 11 is 0. The summed E-state index contributed by atoms with van der Waals surface area (Å²) in [5.74, 6) is 0.456. The predicted octanol–water partition coefficient (Wildman–Crippen LogP) is 15.4. The van der Waals surface area contributed by atoms with Gasteiger partial charge in [-0.25, -0.2) is 0 Å². The highest BCUT2D eigenvalue weighted by atomic mass is 16.3. The molecule has 3 heterocycles. The SMILES string of the molecule is CC1C=Cc2c(c3cc(-c4ccc(N(c5ccc(-c6ccccc6)cc5)c5ccc6c(c5)oc5ccccc56)cc4)ccc3n2-c2cccc3c2oc2ccccc23)C1. The van der Waals surface area contributed by atoms with E-state index < -0.39 is 0 Å². The highest BCUT2D eigenvalue weighted by molar-refractivity contribution is 6.09. The number of rotatable bonds is 6. The van der Waals surface area contributed by atoms with Gasteiger partial charge in [0.25, 0.3) is 0 Å². The maximum atomic E-state index is 6.56. The van der Waals surface area contributed by atoms with Crippen molar-refractivity contribution in [2.45, 2.75) is 13.3 Å². The average molecular weight is 759 g/mol. The lowest BCUT2D eigenvalue weighted by atomic mass is 9.92. The van der Waals surface area contributed by atoms with Crippen molar-refractivity contribution in [1.29, 1.82) is 0 Å². The molecule has 1 atom stereocenters. The van der Waals surface area contributed by atoms with Crippen molar-refractivity contribution in [1.82, 2.24) is 4.57 Å². The molecule has 1 aliphatic carbocycles. The van der Waals surface area contributed by atoms with Gasteiger partial charge in [0.15, 0.2) is 5.58 Å². The first-order valence-corrected chi connectivity index (χ1v) is 20.4. The molecule has 0 saturated carbocycles. The monoisotopic (exact) mass is 758 g/mol. The molecule has 0 spiro atoms. The molecular weight excluding hydrogens is 721 g/mol. The van der Waals surface area contributed by atoms with Gasteiger partial charge in [0.1, 0.15) is 16.7 Å². The Labute approximate surface area is 341 Å². The van der Waals surface area contributed by atoms with E-state index >= 15 is 0 Å². The van der Waals surface area contributed by atoms with Crippen molar-refractivity contribution < 1.29 is 8.83 Å². The Morgan fingerprint density at radius 3 is 1.83 bits per heavy atom. The van der Waals surface area contributed by atoms with Gasteiger partial charge in [0, 0.05) is 55.8 Å². The van der Waals surface area contributed by atoms with Gasteiger partial charge in [-0.05, 0) is 113 Å². The van der Waals surface area contributed by atoms with E-state index in [1.165, 1.54) is 44.4 Å². The maximum Gasteiger partial charge on any atom is 0.159 e. The van der Waals surface area contributed by atoms with Crippen molar-refractivity contribution in [3.63, 3.8) is 0 Å². The summed E-state index contributed by atoms with van der Waals surface area (Å²) in [6.45, 7) is 2.30. The highest BCUT2D eigenvalue weighted by Crippen LogP contribution is 2.43. The van der Waals surface area contributed by atoms with Crippen LogP contribution in [0.2, 0.25) is 0 Å². The van der Waals surface area contributed by atoms with E-state index in [0.717, 1.165) is 73.0 Å². The van der Waals surface area contributed by atoms with Crippen molar-refractivity contribution in [3.8, 4) is 27.9 Å². The van der Waals surface area contributed by atoms with Crippen LogP contribution in [0.15, 0.2) is 197 Å². The van der Waals surface area contributed by atoms with Crippen molar-refractivity contribution >= 4 is 77.9 Å². The summed E-state index contributed by atoms with van der Waals surface area (Å²) in [5, 5.41) is 5.80. The lowest BCUT2D eigenvalue weighted by Gasteiger charge is -2.26. The molecule has 8 aromatic carbocycles. The molecule has 0 radical (unpaired) electrons. The molecule has 11 aromatic rings. The number of fused-ring (bicyclic) bond motifs is 9. The summed E-state index contributed by atoms with van der Waals surface area (Å²) in [7, 11) is 0. The van der Waals surface area contributed by atoms with Crippen LogP contribution in [0.5, 0.6) is 0 Å². The molecule has 1 unspecified atom stereocenters. The summed E-state index contributed by atoms with van der Waals surface area (Å²) in [6.07, 6.45) is 5.63. The predicted molar refractivity (Wildman–Crippen MR) is 245 cm³/mol. The standard InChI is InChI=1S/C55H38N2O2/c1-35-18-30-49-47(32-35)48-33-39(23-31-50(48)57(49)51-15-9-14-46-44-13-6-8-17-53(44)59-55(46)51)38-21-26-41(27-22-38)56(40-24-19-37(20-25-40)36-10-3-2-4-11-36)42-28-29-45-43-12-5-7-16-52(43)58-54(45)34-42/h2-31,33-35H,32H2,1H3. The number of allylic oxidation sites excluding steroid dienone is 1. The zero-order chi connectivity index (χ0) is 39.0. The molecular formula is C55H38N2O2. The Morgan fingerprint density at radius 1 is 0.475 bits per heavy atom. The van der Waals surface area contributed by atoms with Crippen molar-refractivity contribution in [2.24, 2.45) is 5.92 Å². The van der Waals surface area contributed by atoms with Crippen molar-refractivity contribution in [2.75, 3.05) is 4.90 Å². The Hall–Kier alpha value is -7.56. The van der Waals surface area contributed by atoms with Crippen LogP contribution in [0.1, 0.15) is 18.2 Å². The molecule has 12 rings (SSSR count). The molecule has 0 amide bonds. The molecule has 280 valence electrons. The van der Waals surface area contributed by atoms with Crippen LogP contribution < -0.4 is 4.90 Å². The van der Waals surface area contributed by atoms with E-state index in [-0.39, 0.29) is 0 Å². The molecule has 1 aliphatic rings. The van der Waals surface area contributed by atoms with Gasteiger partial charge in [-0.15, -0.1) is 0 Å². The van der Waals surface area contributed by atoms with Gasteiger partial charge in [-0.1, -0.05) is 122 Å². The van der Waals surface area contributed by atoms with Crippen LogP contribution in [-0.4, -0.2) is 4.57 Å². The number of furan rings is 2. The summed E-state index contributed by atoms with van der Waals surface area (Å²) in [5.41, 5.74) is 16.4. The molecule has 4 nitrogen and oxygen atoms in total. The minimum absolute atomic E-state index is 0.456. The minimum atomic E-state index is 0.456. The van der Waals surface area contributed by atoms with Gasteiger partial charge in [0.2, 0.25) is 0 Å². The fourth-order valence-electron chi connectivity index (χ4n) is 9.30. The van der Waals surface area contributed by atoms with E-state index in [9.17, 15) is 0 Å². The second-order valence-corrected chi connectivity index (χ2v) is 15.8. The first-order chi connectivity index (χ1) is 29.1. The van der Waals surface area contributed by atoms with Crippen LogP contribution in [0.25, 0.3) is 88.8 Å². The Bertz CT molecular complexity index is 3420. The highest BCUT2D eigenvalue weighted by Gasteiger charge is 2.24. The number of hydrogen-bond acceptors (Lipinski definition) is 3. The number of para-hydroxylation sites is 3. The lowest BCUT2D eigenvalue weighted by molar-refractivity contribution is 0.665. The Morgan fingerprint density at radius 2 is 1.07 bits per heavy atom. The maximum absolute atomic E-state index is 6.56. The molecule has 59 heavy (non-hydrogen) atoms. The third-order valence-corrected chi connectivity index (χ3v) is 12.2. The van der Waals surface area contributed by atoms with Gasteiger partial charge in [-0.2, -0.15) is 0 Å². The first kappa shape index (κ1) is 33.6. The van der Waals surface area contributed by atoms with Gasteiger partial charge < -0.3 is 18.3 Å². The number of aromatic nitrogens is 1. The second kappa shape index (κ2) is 13.3. The summed E-state index contributed by atoms with van der Waals surface area (Å²) < 4.78 is 15.3. The van der Waals surface area contributed by atoms with E-state index in [1.54, 1.807) is 0 Å². The molecule has 0 bridgehead atoms. The molecule has 0 N–H and O–H groups in total. The molecule has 0 saturated heterocycles. The quantitative estimate of drug-likeness (QED) is 0.169. The van der Waals surface area contributed by atoms with E-state index in [0.29, 0.717) is 5.92 Å². The average Bonchev–Trinajstić information content (AvgIpc) is 3.96. The smallest absolute Gasteiger partial charge is 0.159 e. The minimum Gasteiger partial charge on any atom is -0.456 e. The van der Waals surface area contributed by atoms with Crippen LogP contribution in [0.4, 0.5) is 17.1 Å². The molecule has 4 heteroatoms. The van der Waals surface area contributed by atoms with E-state index in [1.807, 2.05) is 18.2 Å². The van der Waals surface area contributed by atoms with E-state index in [4.69, 9.17) is 8.83 Å². The molecule has 3 aromatic heterocycles. The number of nitrogens with zero attached hydrogens (tertiary/aromatic N) is 2. The topological polar surface area (TPSA) is 34.5 Å². The van der Waals surface area contributed by atoms with Crippen LogP contribution in [0.3, 0.4) is 0 Å². The first-order valence-electron chi connectivity index (χ1n) is 20.4. The Kier molecular flexibility index (Phi) is 7.54.